The van der Waals surface area contributed by atoms with Crippen LogP contribution in [-0.4, -0.2) is 32.2 Å². The summed E-state index contributed by atoms with van der Waals surface area (Å²) in [5.74, 6) is 1.73. The normalized spacial score (nSPS) is 19.3. The van der Waals surface area contributed by atoms with Crippen molar-refractivity contribution >= 4 is 12.6 Å². The predicted octanol–water partition coefficient (Wildman–Crippen LogP) is 1.67. The lowest BCUT2D eigenvalue weighted by Gasteiger charge is -2.22. The maximum atomic E-state index is 5.17. The third-order valence-electron chi connectivity index (χ3n) is 2.46. The molecule has 0 atom stereocenters. The molecule has 0 radical (unpaired) electrons. The molecule has 4 nitrogen and oxygen atoms in total. The molecular formula is C11H21N3O. The van der Waals surface area contributed by atoms with Crippen molar-refractivity contribution in [3.8, 4) is 0 Å². The summed E-state index contributed by atoms with van der Waals surface area (Å²) in [6.07, 6.45) is 2.15. The molecule has 0 spiro atoms. The van der Waals surface area contributed by atoms with Crippen LogP contribution in [0.4, 0.5) is 0 Å². The number of piperidine rings is 1. The van der Waals surface area contributed by atoms with E-state index in [9.17, 15) is 0 Å². The van der Waals surface area contributed by atoms with Crippen molar-refractivity contribution in [3.05, 3.63) is 0 Å². The Balaban J connectivity index is 2.54. The zero-order valence-electron chi connectivity index (χ0n) is 9.70. The van der Waals surface area contributed by atoms with E-state index >= 15 is 0 Å². The lowest BCUT2D eigenvalue weighted by molar-refractivity contribution is 0.283. The Labute approximate surface area is 91.8 Å². The molecule has 0 aromatic carbocycles. The number of nitrogens with one attached hydrogen (secondary N) is 1. The number of rotatable bonds is 4. The third-order valence-corrected chi connectivity index (χ3v) is 2.46. The minimum absolute atomic E-state index is 0.413. The van der Waals surface area contributed by atoms with Gasteiger partial charge in [0.15, 0.2) is 0 Å². The Morgan fingerprint density at radius 2 is 2.13 bits per heavy atom. The van der Waals surface area contributed by atoms with Gasteiger partial charge in [0.1, 0.15) is 0 Å². The summed E-state index contributed by atoms with van der Waals surface area (Å²) in [5, 5.41) is 6.81. The highest BCUT2D eigenvalue weighted by molar-refractivity contribution is 5.79. The van der Waals surface area contributed by atoms with Crippen LogP contribution in [0.15, 0.2) is 10.1 Å². The zero-order chi connectivity index (χ0) is 11.1. The smallest absolute Gasteiger partial charge is 0.223 e. The summed E-state index contributed by atoms with van der Waals surface area (Å²) in [6, 6.07) is 0. The molecule has 0 aromatic rings. The highest BCUT2D eigenvalue weighted by Gasteiger charge is 2.20. The van der Waals surface area contributed by atoms with Crippen molar-refractivity contribution in [2.45, 2.75) is 26.7 Å². The average Bonchev–Trinajstić information content (AvgIpc) is 2.25. The number of hydrogen-bond donors (Lipinski definition) is 1. The summed E-state index contributed by atoms with van der Waals surface area (Å²) in [4.78, 5) is 9.64. The highest BCUT2D eigenvalue weighted by Crippen LogP contribution is 2.15. The molecule has 0 amide bonds. The van der Waals surface area contributed by atoms with Crippen LogP contribution in [-0.2, 0) is 4.84 Å². The van der Waals surface area contributed by atoms with E-state index in [1.807, 2.05) is 0 Å². The van der Waals surface area contributed by atoms with Crippen molar-refractivity contribution in [2.75, 3.05) is 19.6 Å². The van der Waals surface area contributed by atoms with Crippen LogP contribution >= 0.6 is 0 Å². The van der Waals surface area contributed by atoms with E-state index in [1.165, 1.54) is 0 Å². The Hall–Kier alpha value is -0.900. The van der Waals surface area contributed by atoms with Gasteiger partial charge in [-0.3, -0.25) is 4.99 Å². The molecule has 86 valence electrons. The number of aliphatic imine (C=N–C) groups is 1. The van der Waals surface area contributed by atoms with E-state index in [4.69, 9.17) is 4.84 Å². The SMILES string of the molecule is C=NOC(=NCC(C)C)C1CCNCC1. The maximum absolute atomic E-state index is 5.17. The first kappa shape index (κ1) is 12.2. The first-order chi connectivity index (χ1) is 7.24. The Morgan fingerprint density at radius 1 is 1.47 bits per heavy atom. The van der Waals surface area contributed by atoms with E-state index in [0.717, 1.165) is 38.4 Å². The summed E-state index contributed by atoms with van der Waals surface area (Å²) in [7, 11) is 0. The van der Waals surface area contributed by atoms with E-state index in [2.05, 4.69) is 36.0 Å². The average molecular weight is 211 g/mol. The molecular weight excluding hydrogens is 190 g/mol. The van der Waals surface area contributed by atoms with Gasteiger partial charge in [-0.05, 0) is 31.8 Å². The Kier molecular flexibility index (Phi) is 5.32. The third kappa shape index (κ3) is 4.42. The summed E-state index contributed by atoms with van der Waals surface area (Å²) in [5.41, 5.74) is 0. The number of oxime groups is 1. The lowest BCUT2D eigenvalue weighted by atomic mass is 9.98. The molecule has 0 bridgehead atoms. The van der Waals surface area contributed by atoms with Crippen LogP contribution in [0.3, 0.4) is 0 Å². The second-order valence-corrected chi connectivity index (χ2v) is 4.32. The van der Waals surface area contributed by atoms with Crippen LogP contribution in [0.1, 0.15) is 26.7 Å². The monoisotopic (exact) mass is 211 g/mol. The van der Waals surface area contributed by atoms with Crippen molar-refractivity contribution in [1.82, 2.24) is 5.32 Å². The van der Waals surface area contributed by atoms with Gasteiger partial charge >= 0.3 is 0 Å². The molecule has 1 fully saturated rings. The summed E-state index contributed by atoms with van der Waals surface area (Å²) >= 11 is 0. The molecule has 1 saturated heterocycles. The zero-order valence-corrected chi connectivity index (χ0v) is 9.70. The highest BCUT2D eigenvalue weighted by atomic mass is 16.6. The molecule has 0 aromatic heterocycles. The first-order valence-corrected chi connectivity index (χ1v) is 5.62. The van der Waals surface area contributed by atoms with Crippen molar-refractivity contribution in [1.29, 1.82) is 0 Å². The fourth-order valence-corrected chi connectivity index (χ4v) is 1.64. The van der Waals surface area contributed by atoms with Crippen LogP contribution in [0.2, 0.25) is 0 Å². The molecule has 15 heavy (non-hydrogen) atoms. The summed E-state index contributed by atoms with van der Waals surface area (Å²) < 4.78 is 0. The number of hydrogen-bond acceptors (Lipinski definition) is 4. The standard InChI is InChI=1S/C11H21N3O/c1-9(2)8-14-11(15-12-3)10-4-6-13-7-5-10/h9-10,13H,3-8H2,1-2H3. The molecule has 1 aliphatic heterocycles. The van der Waals surface area contributed by atoms with Crippen LogP contribution in [0, 0.1) is 11.8 Å². The lowest BCUT2D eigenvalue weighted by Crippen LogP contribution is -2.32. The first-order valence-electron chi connectivity index (χ1n) is 5.62. The van der Waals surface area contributed by atoms with Crippen LogP contribution in [0.25, 0.3) is 0 Å². The quantitative estimate of drug-likeness (QED) is 0.437. The van der Waals surface area contributed by atoms with Gasteiger partial charge in [0, 0.05) is 19.2 Å². The minimum atomic E-state index is 0.413. The van der Waals surface area contributed by atoms with E-state index in [0.29, 0.717) is 11.8 Å². The van der Waals surface area contributed by atoms with E-state index in [-0.39, 0.29) is 0 Å². The van der Waals surface area contributed by atoms with E-state index in [1.54, 1.807) is 0 Å². The number of nitrogens with zero attached hydrogens (tertiary/aromatic N) is 2. The molecule has 1 N–H and O–H groups in total. The van der Waals surface area contributed by atoms with Gasteiger partial charge in [-0.15, -0.1) is 0 Å². The topological polar surface area (TPSA) is 46.0 Å². The van der Waals surface area contributed by atoms with Gasteiger partial charge in [-0.25, -0.2) is 0 Å². The largest absolute Gasteiger partial charge is 0.342 e. The van der Waals surface area contributed by atoms with Gasteiger partial charge in [0.25, 0.3) is 0 Å². The second kappa shape index (κ2) is 6.56. The Morgan fingerprint density at radius 3 is 2.67 bits per heavy atom. The van der Waals surface area contributed by atoms with Gasteiger partial charge < -0.3 is 10.2 Å². The minimum Gasteiger partial charge on any atom is -0.342 e. The van der Waals surface area contributed by atoms with E-state index < -0.39 is 0 Å². The second-order valence-electron chi connectivity index (χ2n) is 4.32. The molecule has 1 rings (SSSR count). The molecule has 1 heterocycles. The molecule has 0 saturated carbocycles. The van der Waals surface area contributed by atoms with Crippen molar-refractivity contribution in [2.24, 2.45) is 22.0 Å². The van der Waals surface area contributed by atoms with Crippen LogP contribution in [0.5, 0.6) is 0 Å². The summed E-state index contributed by atoms with van der Waals surface area (Å²) in [6.45, 7) is 10.5. The van der Waals surface area contributed by atoms with Crippen molar-refractivity contribution in [3.63, 3.8) is 0 Å². The predicted molar refractivity (Wildman–Crippen MR) is 63.4 cm³/mol. The maximum Gasteiger partial charge on any atom is 0.223 e. The van der Waals surface area contributed by atoms with Crippen LogP contribution < -0.4 is 5.32 Å². The molecule has 4 heteroatoms. The molecule has 0 aliphatic carbocycles. The van der Waals surface area contributed by atoms with Gasteiger partial charge in [0.2, 0.25) is 5.90 Å². The van der Waals surface area contributed by atoms with Gasteiger partial charge in [-0.2, -0.15) is 0 Å². The molecule has 1 aliphatic rings. The molecule has 0 unspecified atom stereocenters. The van der Waals surface area contributed by atoms with Gasteiger partial charge in [-0.1, -0.05) is 19.0 Å². The Bertz CT molecular complexity index is 220. The fraction of sp³-hybridized carbons (Fsp3) is 0.818. The fourth-order valence-electron chi connectivity index (χ4n) is 1.64. The van der Waals surface area contributed by atoms with Gasteiger partial charge in [0.05, 0.1) is 0 Å². The van der Waals surface area contributed by atoms with Crippen molar-refractivity contribution < 1.29 is 4.84 Å².